The van der Waals surface area contributed by atoms with Crippen LogP contribution < -0.4 is 4.90 Å². The molecule has 4 rings (SSSR count). The molecule has 2 atom stereocenters. The quantitative estimate of drug-likeness (QED) is 0.719. The number of aliphatic hydroxyl groups excluding tert-OH is 1. The summed E-state index contributed by atoms with van der Waals surface area (Å²) in [5.74, 6) is 0.118. The summed E-state index contributed by atoms with van der Waals surface area (Å²) in [6.45, 7) is 1.58. The molecule has 1 amide bonds. The molecular weight excluding hydrogens is 346 g/mol. The second kappa shape index (κ2) is 6.61. The summed E-state index contributed by atoms with van der Waals surface area (Å²) in [7, 11) is 0. The number of carbonyl (C=O) groups excluding carboxylic acids is 1. The lowest BCUT2D eigenvalue weighted by molar-refractivity contribution is -0.139. The number of aromatic nitrogens is 2. The van der Waals surface area contributed by atoms with Crippen LogP contribution in [-0.4, -0.2) is 32.4 Å². The lowest BCUT2D eigenvalue weighted by Crippen LogP contribution is -2.42. The van der Waals surface area contributed by atoms with Gasteiger partial charge in [-0.25, -0.2) is 0 Å². The number of aliphatic hydroxyl groups is 2. The Morgan fingerprint density at radius 2 is 1.81 bits per heavy atom. The Labute approximate surface area is 155 Å². The maximum absolute atomic E-state index is 13.0. The monoisotopic (exact) mass is 365 g/mol. The number of fused-ring (bicyclic) bond motifs is 1. The van der Waals surface area contributed by atoms with Crippen molar-refractivity contribution in [1.29, 1.82) is 0 Å². The Bertz CT molecular complexity index is 970. The van der Waals surface area contributed by atoms with Gasteiger partial charge in [-0.3, -0.25) is 9.69 Å². The highest BCUT2D eigenvalue weighted by atomic mass is 16.4. The highest BCUT2D eigenvalue weighted by Crippen LogP contribution is 2.43. The topological polar surface area (TPSA) is 99.7 Å². The fourth-order valence-electron chi connectivity index (χ4n) is 3.44. The first-order valence-electron chi connectivity index (χ1n) is 8.69. The van der Waals surface area contributed by atoms with Gasteiger partial charge in [-0.2, -0.15) is 0 Å². The van der Waals surface area contributed by atoms with Crippen molar-refractivity contribution in [1.82, 2.24) is 10.2 Å². The van der Waals surface area contributed by atoms with Crippen LogP contribution in [0.3, 0.4) is 0 Å². The molecule has 2 aromatic carbocycles. The van der Waals surface area contributed by atoms with Gasteiger partial charge in [-0.15, -0.1) is 10.2 Å². The lowest BCUT2D eigenvalue weighted by atomic mass is 9.90. The highest BCUT2D eigenvalue weighted by Gasteiger charge is 2.50. The molecule has 1 aliphatic heterocycles. The van der Waals surface area contributed by atoms with Gasteiger partial charge in [0.05, 0.1) is 11.8 Å². The van der Waals surface area contributed by atoms with Gasteiger partial charge < -0.3 is 14.6 Å². The van der Waals surface area contributed by atoms with E-state index >= 15 is 0 Å². The van der Waals surface area contributed by atoms with Gasteiger partial charge in [-0.05, 0) is 25.1 Å². The lowest BCUT2D eigenvalue weighted by Gasteiger charge is -2.23. The van der Waals surface area contributed by atoms with Crippen molar-refractivity contribution >= 4 is 11.6 Å². The van der Waals surface area contributed by atoms with Crippen LogP contribution in [0.15, 0.2) is 59.0 Å². The Morgan fingerprint density at radius 3 is 2.56 bits per heavy atom. The first-order valence-corrected chi connectivity index (χ1v) is 8.69. The van der Waals surface area contributed by atoms with Gasteiger partial charge in [0.15, 0.2) is 5.60 Å². The van der Waals surface area contributed by atoms with E-state index in [0.29, 0.717) is 17.1 Å². The second-order valence-electron chi connectivity index (χ2n) is 6.69. The average molecular weight is 365 g/mol. The number of amides is 1. The molecule has 7 heteroatoms. The summed E-state index contributed by atoms with van der Waals surface area (Å²) in [5.41, 5.74) is 0.0614. The number of carbonyl (C=O) groups is 1. The first-order chi connectivity index (χ1) is 13.0. The fraction of sp³-hybridized carbons (Fsp3) is 0.250. The van der Waals surface area contributed by atoms with Crippen LogP contribution >= 0.6 is 0 Å². The third kappa shape index (κ3) is 3.01. The van der Waals surface area contributed by atoms with Crippen molar-refractivity contribution in [3.05, 3.63) is 66.1 Å². The molecule has 2 N–H and O–H groups in total. The molecule has 138 valence electrons. The number of rotatable bonds is 5. The zero-order valence-electron chi connectivity index (χ0n) is 14.7. The summed E-state index contributed by atoms with van der Waals surface area (Å²) in [6.07, 6.45) is -0.918. The molecule has 0 bridgehead atoms. The second-order valence-corrected chi connectivity index (χ2v) is 6.69. The number of nitrogens with zero attached hydrogens (tertiary/aromatic N) is 3. The zero-order valence-corrected chi connectivity index (χ0v) is 14.7. The molecule has 1 aromatic heterocycles. The Hall–Kier alpha value is -3.03. The van der Waals surface area contributed by atoms with Crippen LogP contribution in [-0.2, 0) is 16.9 Å². The maximum Gasteiger partial charge on any atom is 0.264 e. The standard InChI is InChI=1S/C20H19N3O4/c1-13(24)11-20(26)15-9-5-6-10-16(15)23(19(20)25)12-17-21-22-18(27-17)14-7-3-2-4-8-14/h2-10,13,24,26H,11-12H2,1H3/t13-,20-/m0/s1. The van der Waals surface area contributed by atoms with Crippen LogP contribution in [0.25, 0.3) is 11.5 Å². The van der Waals surface area contributed by atoms with Gasteiger partial charge in [-0.1, -0.05) is 36.4 Å². The molecule has 0 radical (unpaired) electrons. The predicted octanol–water partition coefficient (Wildman–Crippen LogP) is 2.24. The van der Waals surface area contributed by atoms with E-state index in [1.165, 1.54) is 4.90 Å². The molecular formula is C20H19N3O4. The van der Waals surface area contributed by atoms with Gasteiger partial charge in [0.25, 0.3) is 5.91 Å². The van der Waals surface area contributed by atoms with Gasteiger partial charge in [0.2, 0.25) is 11.8 Å². The summed E-state index contributed by atoms with van der Waals surface area (Å²) >= 11 is 0. The van der Waals surface area contributed by atoms with E-state index in [0.717, 1.165) is 5.56 Å². The molecule has 0 aliphatic carbocycles. The first kappa shape index (κ1) is 17.4. The summed E-state index contributed by atoms with van der Waals surface area (Å²) in [4.78, 5) is 14.4. The molecule has 0 unspecified atom stereocenters. The minimum Gasteiger partial charge on any atom is -0.419 e. The van der Waals surface area contributed by atoms with Crippen molar-refractivity contribution < 1.29 is 19.4 Å². The molecule has 0 saturated heterocycles. The van der Waals surface area contributed by atoms with E-state index in [-0.39, 0.29) is 18.9 Å². The van der Waals surface area contributed by atoms with Crippen LogP contribution in [0.1, 0.15) is 24.8 Å². The van der Waals surface area contributed by atoms with Crippen LogP contribution in [0.2, 0.25) is 0 Å². The number of hydrogen-bond donors (Lipinski definition) is 2. The van der Waals surface area contributed by atoms with Crippen molar-refractivity contribution in [2.75, 3.05) is 4.90 Å². The molecule has 0 saturated carbocycles. The third-order valence-corrected chi connectivity index (χ3v) is 4.61. The minimum absolute atomic E-state index is 0.0395. The van der Waals surface area contributed by atoms with E-state index in [1.54, 1.807) is 31.2 Å². The van der Waals surface area contributed by atoms with E-state index in [1.807, 2.05) is 30.3 Å². The van der Waals surface area contributed by atoms with Gasteiger partial charge in [0.1, 0.15) is 6.54 Å². The molecule has 27 heavy (non-hydrogen) atoms. The summed E-state index contributed by atoms with van der Waals surface area (Å²) in [5, 5.41) is 28.8. The smallest absolute Gasteiger partial charge is 0.264 e. The molecule has 1 aliphatic rings. The van der Waals surface area contributed by atoms with E-state index < -0.39 is 17.6 Å². The average Bonchev–Trinajstić information content (AvgIpc) is 3.21. The van der Waals surface area contributed by atoms with Gasteiger partial charge in [0, 0.05) is 17.5 Å². The van der Waals surface area contributed by atoms with Crippen molar-refractivity contribution in [3.8, 4) is 11.5 Å². The fourth-order valence-corrected chi connectivity index (χ4v) is 3.44. The normalized spacial score (nSPS) is 20.0. The zero-order chi connectivity index (χ0) is 19.0. The minimum atomic E-state index is -1.77. The van der Waals surface area contributed by atoms with E-state index in [4.69, 9.17) is 4.42 Å². The molecule has 0 spiro atoms. The molecule has 2 heterocycles. The predicted molar refractivity (Wildman–Crippen MR) is 97.6 cm³/mol. The summed E-state index contributed by atoms with van der Waals surface area (Å²) in [6, 6.07) is 16.3. The SMILES string of the molecule is C[C@H](O)C[C@@]1(O)C(=O)N(Cc2nnc(-c3ccccc3)o2)c2ccccc21. The van der Waals surface area contributed by atoms with Crippen LogP contribution in [0, 0.1) is 0 Å². The Morgan fingerprint density at radius 1 is 1.11 bits per heavy atom. The van der Waals surface area contributed by atoms with Crippen molar-refractivity contribution in [3.63, 3.8) is 0 Å². The van der Waals surface area contributed by atoms with Gasteiger partial charge >= 0.3 is 0 Å². The largest absolute Gasteiger partial charge is 0.419 e. The molecule has 0 fully saturated rings. The number of para-hydroxylation sites is 1. The third-order valence-electron chi connectivity index (χ3n) is 4.61. The number of anilines is 1. The van der Waals surface area contributed by atoms with Crippen LogP contribution in [0.5, 0.6) is 0 Å². The van der Waals surface area contributed by atoms with Crippen molar-refractivity contribution in [2.45, 2.75) is 31.6 Å². The van der Waals surface area contributed by atoms with Crippen molar-refractivity contribution in [2.24, 2.45) is 0 Å². The van der Waals surface area contributed by atoms with E-state index in [9.17, 15) is 15.0 Å². The molecule has 7 nitrogen and oxygen atoms in total. The highest BCUT2D eigenvalue weighted by molar-refractivity contribution is 6.06. The number of benzene rings is 2. The van der Waals surface area contributed by atoms with E-state index in [2.05, 4.69) is 10.2 Å². The Balaban J connectivity index is 1.65. The molecule has 3 aromatic rings. The van der Waals surface area contributed by atoms with Crippen LogP contribution in [0.4, 0.5) is 5.69 Å². The Kier molecular flexibility index (Phi) is 4.25. The maximum atomic E-state index is 13.0. The number of hydrogen-bond acceptors (Lipinski definition) is 6. The summed E-state index contributed by atoms with van der Waals surface area (Å²) < 4.78 is 5.70.